The highest BCUT2D eigenvalue weighted by Crippen LogP contribution is 2.41. The van der Waals surface area contributed by atoms with Crippen molar-refractivity contribution in [3.63, 3.8) is 0 Å². The van der Waals surface area contributed by atoms with Gasteiger partial charge in [-0.1, -0.05) is 31.2 Å². The molecule has 4 nitrogen and oxygen atoms in total. The van der Waals surface area contributed by atoms with Crippen molar-refractivity contribution in [3.05, 3.63) is 35.4 Å². The normalized spacial score (nSPS) is 24.4. The maximum absolute atomic E-state index is 12.7. The average molecular weight is 291 g/mol. The lowest BCUT2D eigenvalue weighted by Gasteiger charge is -2.40. The fraction of sp³-hybridized carbons (Fsp3) is 0.588. The molecule has 0 bridgehead atoms. The van der Waals surface area contributed by atoms with Gasteiger partial charge in [0.2, 0.25) is 0 Å². The van der Waals surface area contributed by atoms with Crippen LogP contribution in [0.25, 0.3) is 0 Å². The summed E-state index contributed by atoms with van der Waals surface area (Å²) in [6.45, 7) is 5.64. The Balaban J connectivity index is 2.40. The van der Waals surface area contributed by atoms with E-state index in [1.165, 1.54) is 5.56 Å². The van der Waals surface area contributed by atoms with Gasteiger partial charge in [-0.25, -0.2) is 4.79 Å². The molecule has 1 aliphatic carbocycles. The summed E-state index contributed by atoms with van der Waals surface area (Å²) in [5.41, 5.74) is 1.55. The van der Waals surface area contributed by atoms with Crippen molar-refractivity contribution < 1.29 is 14.3 Å². The molecular formula is C17H25NO3. The van der Waals surface area contributed by atoms with Crippen LogP contribution >= 0.6 is 0 Å². The summed E-state index contributed by atoms with van der Waals surface area (Å²) >= 11 is 0. The zero-order valence-electron chi connectivity index (χ0n) is 13.1. The van der Waals surface area contributed by atoms with Gasteiger partial charge in [0.15, 0.2) is 0 Å². The van der Waals surface area contributed by atoms with Gasteiger partial charge in [-0.3, -0.25) is 5.32 Å². The molecule has 0 aliphatic heterocycles. The molecular weight excluding hydrogens is 266 g/mol. The minimum atomic E-state index is -0.738. The first-order chi connectivity index (χ1) is 10.2. The van der Waals surface area contributed by atoms with Gasteiger partial charge in [-0.05, 0) is 36.8 Å². The topological polar surface area (TPSA) is 47.6 Å². The van der Waals surface area contributed by atoms with Crippen molar-refractivity contribution in [2.75, 3.05) is 26.9 Å². The van der Waals surface area contributed by atoms with E-state index in [1.54, 1.807) is 7.11 Å². The molecule has 0 aromatic heterocycles. The van der Waals surface area contributed by atoms with Gasteiger partial charge in [-0.15, -0.1) is 0 Å². The van der Waals surface area contributed by atoms with Gasteiger partial charge < -0.3 is 9.47 Å². The molecule has 1 aromatic carbocycles. The molecule has 0 fully saturated rings. The minimum Gasteiger partial charge on any atom is -0.464 e. The molecule has 1 aliphatic rings. The summed E-state index contributed by atoms with van der Waals surface area (Å²) in [6.07, 6.45) is 1.73. The van der Waals surface area contributed by atoms with E-state index in [-0.39, 0.29) is 5.97 Å². The smallest absolute Gasteiger partial charge is 0.331 e. The van der Waals surface area contributed by atoms with E-state index < -0.39 is 5.54 Å². The lowest BCUT2D eigenvalue weighted by Crippen LogP contribution is -2.53. The van der Waals surface area contributed by atoms with Crippen LogP contribution in [0.3, 0.4) is 0 Å². The summed E-state index contributed by atoms with van der Waals surface area (Å²) < 4.78 is 10.5. The van der Waals surface area contributed by atoms with Gasteiger partial charge in [0.05, 0.1) is 13.2 Å². The third-order valence-electron chi connectivity index (χ3n) is 4.26. The van der Waals surface area contributed by atoms with Gasteiger partial charge in [0, 0.05) is 13.7 Å². The summed E-state index contributed by atoms with van der Waals surface area (Å²) in [7, 11) is 1.66. The van der Waals surface area contributed by atoms with E-state index in [1.807, 2.05) is 25.1 Å². The Morgan fingerprint density at radius 3 is 2.90 bits per heavy atom. The molecule has 2 atom stereocenters. The van der Waals surface area contributed by atoms with Gasteiger partial charge in [0.1, 0.15) is 5.54 Å². The summed E-state index contributed by atoms with van der Waals surface area (Å²) in [4.78, 5) is 12.7. The maximum Gasteiger partial charge on any atom is 0.331 e. The number of esters is 1. The standard InChI is InChI=1S/C17H25NO3/c1-4-21-16(19)17(18-11-12-20-3)10-9-13(2)14-7-5-6-8-15(14)17/h5-8,13,18H,4,9-12H2,1-3H3. The molecule has 0 amide bonds. The number of fused-ring (bicyclic) bond motifs is 1. The number of carbonyl (C=O) groups is 1. The summed E-state index contributed by atoms with van der Waals surface area (Å²) in [5, 5.41) is 3.40. The Kier molecular flexibility index (Phi) is 5.37. The van der Waals surface area contributed by atoms with Gasteiger partial charge in [-0.2, -0.15) is 0 Å². The Bertz CT molecular complexity index is 489. The third-order valence-corrected chi connectivity index (χ3v) is 4.26. The van der Waals surface area contributed by atoms with Crippen molar-refractivity contribution in [1.82, 2.24) is 5.32 Å². The first-order valence-electron chi connectivity index (χ1n) is 7.66. The zero-order valence-corrected chi connectivity index (χ0v) is 13.1. The van der Waals surface area contributed by atoms with Gasteiger partial charge >= 0.3 is 5.97 Å². The molecule has 21 heavy (non-hydrogen) atoms. The van der Waals surface area contributed by atoms with Crippen molar-refractivity contribution >= 4 is 5.97 Å². The maximum atomic E-state index is 12.7. The van der Waals surface area contributed by atoms with Crippen molar-refractivity contribution in [1.29, 1.82) is 0 Å². The van der Waals surface area contributed by atoms with E-state index in [9.17, 15) is 4.79 Å². The molecule has 2 unspecified atom stereocenters. The SMILES string of the molecule is CCOC(=O)C1(NCCOC)CCC(C)c2ccccc21. The number of carbonyl (C=O) groups excluding carboxylic acids is 1. The van der Waals surface area contributed by atoms with E-state index >= 15 is 0 Å². The van der Waals surface area contributed by atoms with Crippen LogP contribution < -0.4 is 5.32 Å². The lowest BCUT2D eigenvalue weighted by molar-refractivity contribution is -0.152. The van der Waals surface area contributed by atoms with Crippen molar-refractivity contribution in [2.24, 2.45) is 0 Å². The third kappa shape index (κ3) is 3.11. The van der Waals surface area contributed by atoms with E-state index in [0.29, 0.717) is 25.7 Å². The molecule has 0 saturated heterocycles. The first kappa shape index (κ1) is 16.0. The lowest BCUT2D eigenvalue weighted by atomic mass is 9.72. The first-order valence-corrected chi connectivity index (χ1v) is 7.66. The molecule has 116 valence electrons. The second kappa shape index (κ2) is 7.05. The fourth-order valence-electron chi connectivity index (χ4n) is 3.13. The van der Waals surface area contributed by atoms with Crippen LogP contribution in [0.5, 0.6) is 0 Å². The highest BCUT2D eigenvalue weighted by molar-refractivity contribution is 5.83. The number of methoxy groups -OCH3 is 1. The number of ether oxygens (including phenoxy) is 2. The summed E-state index contributed by atoms with van der Waals surface area (Å²) in [5.74, 6) is 0.286. The van der Waals surface area contributed by atoms with Crippen molar-refractivity contribution in [2.45, 2.75) is 38.1 Å². The number of nitrogens with one attached hydrogen (secondary N) is 1. The molecule has 2 rings (SSSR count). The minimum absolute atomic E-state index is 0.180. The predicted molar refractivity (Wildman–Crippen MR) is 82.3 cm³/mol. The predicted octanol–water partition coefficient (Wildman–Crippen LogP) is 2.58. The fourth-order valence-corrected chi connectivity index (χ4v) is 3.13. The molecule has 1 aromatic rings. The van der Waals surface area contributed by atoms with Gasteiger partial charge in [0.25, 0.3) is 0 Å². The molecule has 0 radical (unpaired) electrons. The Labute approximate surface area is 126 Å². The quantitative estimate of drug-likeness (QED) is 0.646. The van der Waals surface area contributed by atoms with E-state index in [0.717, 1.165) is 18.4 Å². The molecule has 0 spiro atoms. The van der Waals surface area contributed by atoms with Crippen molar-refractivity contribution in [3.8, 4) is 0 Å². The highest BCUT2D eigenvalue weighted by atomic mass is 16.5. The van der Waals surface area contributed by atoms with Crippen LogP contribution in [0.4, 0.5) is 0 Å². The second-order valence-corrected chi connectivity index (χ2v) is 5.57. The van der Waals surface area contributed by atoms with Crippen LogP contribution in [0, 0.1) is 0 Å². The molecule has 0 saturated carbocycles. The Morgan fingerprint density at radius 2 is 2.19 bits per heavy atom. The largest absolute Gasteiger partial charge is 0.464 e. The Morgan fingerprint density at radius 1 is 1.43 bits per heavy atom. The molecule has 4 heteroatoms. The number of hydrogen-bond donors (Lipinski definition) is 1. The second-order valence-electron chi connectivity index (χ2n) is 5.57. The number of hydrogen-bond acceptors (Lipinski definition) is 4. The van der Waals surface area contributed by atoms with Crippen LogP contribution in [0.15, 0.2) is 24.3 Å². The average Bonchev–Trinajstić information content (AvgIpc) is 2.50. The Hall–Kier alpha value is -1.39. The van der Waals surface area contributed by atoms with E-state index in [2.05, 4.69) is 18.3 Å². The zero-order chi connectivity index (χ0) is 15.3. The molecule has 0 heterocycles. The van der Waals surface area contributed by atoms with Crippen LogP contribution in [-0.4, -0.2) is 32.8 Å². The summed E-state index contributed by atoms with van der Waals surface area (Å²) in [6, 6.07) is 8.18. The number of rotatable bonds is 6. The highest BCUT2D eigenvalue weighted by Gasteiger charge is 2.45. The molecule has 1 N–H and O–H groups in total. The van der Waals surface area contributed by atoms with Crippen LogP contribution in [0.2, 0.25) is 0 Å². The van der Waals surface area contributed by atoms with Crippen LogP contribution in [-0.2, 0) is 19.8 Å². The van der Waals surface area contributed by atoms with E-state index in [4.69, 9.17) is 9.47 Å². The monoisotopic (exact) mass is 291 g/mol. The number of benzene rings is 1. The van der Waals surface area contributed by atoms with Crippen LogP contribution in [0.1, 0.15) is 43.7 Å².